The maximum Gasteiger partial charge on any atom is 0.392 e. The largest absolute Gasteiger partial charge is 0.392 e. The van der Waals surface area contributed by atoms with E-state index in [9.17, 15) is 22.8 Å². The van der Waals surface area contributed by atoms with Crippen molar-refractivity contribution in [1.29, 1.82) is 0 Å². The number of carbonyl (C=O) groups excluding carboxylic acids is 2. The molecule has 0 saturated heterocycles. The number of benzene rings is 1. The second kappa shape index (κ2) is 5.89. The molecular weight excluding hydrogens is 307 g/mol. The first kappa shape index (κ1) is 15.6. The molecule has 1 aliphatic rings. The van der Waals surface area contributed by atoms with Gasteiger partial charge in [-0.3, -0.25) is 9.59 Å². The van der Waals surface area contributed by atoms with Crippen LogP contribution in [0, 0.1) is 5.92 Å². The van der Waals surface area contributed by atoms with E-state index in [1.807, 2.05) is 0 Å². The van der Waals surface area contributed by atoms with E-state index in [0.717, 1.165) is 6.08 Å². The highest BCUT2D eigenvalue weighted by Crippen LogP contribution is 2.35. The van der Waals surface area contributed by atoms with Crippen molar-refractivity contribution >= 4 is 23.3 Å². The lowest BCUT2D eigenvalue weighted by Crippen LogP contribution is -2.33. The van der Waals surface area contributed by atoms with Crippen molar-refractivity contribution in [2.24, 2.45) is 5.92 Å². The summed E-state index contributed by atoms with van der Waals surface area (Å²) < 4.78 is 38.1. The number of rotatable bonds is 2. The third kappa shape index (κ3) is 4.07. The predicted molar refractivity (Wildman–Crippen MR) is 70.8 cm³/mol. The molecule has 21 heavy (non-hydrogen) atoms. The Bertz CT molecular complexity index is 610. The summed E-state index contributed by atoms with van der Waals surface area (Å²) in [6.45, 7) is 0. The Kier molecular flexibility index (Phi) is 4.37. The number of carbonyl (C=O) groups is 2. The number of hydrogen-bond donors (Lipinski definition) is 1. The Labute approximate surface area is 123 Å². The highest BCUT2D eigenvalue weighted by atomic mass is 35.5. The van der Waals surface area contributed by atoms with Gasteiger partial charge in [-0.25, -0.2) is 0 Å². The van der Waals surface area contributed by atoms with Gasteiger partial charge in [-0.15, -0.1) is 0 Å². The Hall–Kier alpha value is -1.82. The van der Waals surface area contributed by atoms with E-state index in [4.69, 9.17) is 11.6 Å². The fourth-order valence-electron chi connectivity index (χ4n) is 2.06. The zero-order valence-corrected chi connectivity index (χ0v) is 11.5. The molecule has 0 heterocycles. The highest BCUT2D eigenvalue weighted by Gasteiger charge is 2.42. The first-order valence-corrected chi connectivity index (χ1v) is 6.50. The van der Waals surface area contributed by atoms with Gasteiger partial charge < -0.3 is 5.32 Å². The number of amides is 1. The van der Waals surface area contributed by atoms with Crippen LogP contribution in [0.1, 0.15) is 23.2 Å². The van der Waals surface area contributed by atoms with Crippen LogP contribution in [0.2, 0.25) is 5.02 Å². The Balaban J connectivity index is 2.12. The van der Waals surface area contributed by atoms with Gasteiger partial charge in [-0.05, 0) is 24.6 Å². The molecule has 1 atom stereocenters. The van der Waals surface area contributed by atoms with Crippen LogP contribution in [-0.4, -0.2) is 17.9 Å². The molecule has 1 N–H and O–H groups in total. The molecule has 1 aromatic carbocycles. The molecule has 1 aliphatic carbocycles. The zero-order chi connectivity index (χ0) is 15.6. The molecule has 112 valence electrons. The van der Waals surface area contributed by atoms with Crippen molar-refractivity contribution in [2.45, 2.75) is 19.0 Å². The van der Waals surface area contributed by atoms with Gasteiger partial charge in [0, 0.05) is 28.8 Å². The SMILES string of the molecule is O=C1C=C(NC(=O)c2cccc(Cl)c2)CC(C(F)(F)F)C1. The monoisotopic (exact) mass is 317 g/mol. The van der Waals surface area contributed by atoms with Crippen molar-refractivity contribution in [3.05, 3.63) is 46.6 Å². The van der Waals surface area contributed by atoms with Crippen molar-refractivity contribution < 1.29 is 22.8 Å². The van der Waals surface area contributed by atoms with Gasteiger partial charge in [0.25, 0.3) is 5.91 Å². The number of ketones is 1. The van der Waals surface area contributed by atoms with Crippen LogP contribution < -0.4 is 5.32 Å². The molecule has 0 spiro atoms. The average Bonchev–Trinajstić information content (AvgIpc) is 2.37. The van der Waals surface area contributed by atoms with Gasteiger partial charge in [0.2, 0.25) is 0 Å². The minimum atomic E-state index is -4.46. The van der Waals surface area contributed by atoms with Crippen LogP contribution in [0.5, 0.6) is 0 Å². The molecule has 7 heteroatoms. The molecule has 0 aromatic heterocycles. The normalized spacial score (nSPS) is 19.1. The third-order valence-electron chi connectivity index (χ3n) is 3.07. The second-order valence-corrected chi connectivity index (χ2v) is 5.18. The average molecular weight is 318 g/mol. The van der Waals surface area contributed by atoms with E-state index in [0.29, 0.717) is 5.02 Å². The summed E-state index contributed by atoms with van der Waals surface area (Å²) in [6.07, 6.45) is -4.41. The smallest absolute Gasteiger partial charge is 0.326 e. The molecule has 2 rings (SSSR count). The number of alkyl halides is 3. The van der Waals surface area contributed by atoms with E-state index in [1.54, 1.807) is 12.1 Å². The first-order valence-electron chi connectivity index (χ1n) is 6.13. The molecule has 1 unspecified atom stereocenters. The van der Waals surface area contributed by atoms with Crippen LogP contribution in [0.4, 0.5) is 13.2 Å². The van der Waals surface area contributed by atoms with Crippen LogP contribution in [0.15, 0.2) is 36.0 Å². The van der Waals surface area contributed by atoms with Gasteiger partial charge in [0.15, 0.2) is 5.78 Å². The van der Waals surface area contributed by atoms with Crippen molar-refractivity contribution in [3.63, 3.8) is 0 Å². The summed E-state index contributed by atoms with van der Waals surface area (Å²) in [7, 11) is 0. The lowest BCUT2D eigenvalue weighted by Gasteiger charge is -2.24. The number of hydrogen-bond acceptors (Lipinski definition) is 2. The molecule has 0 bridgehead atoms. The molecule has 1 amide bonds. The zero-order valence-electron chi connectivity index (χ0n) is 10.7. The van der Waals surface area contributed by atoms with E-state index in [-0.39, 0.29) is 11.3 Å². The predicted octanol–water partition coefficient (Wildman–Crippen LogP) is 3.50. The highest BCUT2D eigenvalue weighted by molar-refractivity contribution is 6.31. The number of halogens is 4. The molecule has 0 fully saturated rings. The number of allylic oxidation sites excluding steroid dienone is 2. The lowest BCUT2D eigenvalue weighted by molar-refractivity contribution is -0.178. The minimum absolute atomic E-state index is 0.0291. The maximum atomic E-state index is 12.7. The summed E-state index contributed by atoms with van der Waals surface area (Å²) in [6, 6.07) is 5.99. The lowest BCUT2D eigenvalue weighted by atomic mass is 9.90. The van der Waals surface area contributed by atoms with E-state index >= 15 is 0 Å². The Morgan fingerprint density at radius 2 is 2.00 bits per heavy atom. The molecule has 3 nitrogen and oxygen atoms in total. The molecule has 0 aliphatic heterocycles. The van der Waals surface area contributed by atoms with Gasteiger partial charge in [0.1, 0.15) is 0 Å². The minimum Gasteiger partial charge on any atom is -0.326 e. The van der Waals surface area contributed by atoms with E-state index < -0.39 is 36.6 Å². The number of nitrogens with one attached hydrogen (secondary N) is 1. The van der Waals surface area contributed by atoms with Crippen molar-refractivity contribution in [1.82, 2.24) is 5.32 Å². The van der Waals surface area contributed by atoms with Crippen LogP contribution in [0.3, 0.4) is 0 Å². The van der Waals surface area contributed by atoms with Crippen molar-refractivity contribution in [2.75, 3.05) is 0 Å². The first-order chi connectivity index (χ1) is 9.75. The van der Waals surface area contributed by atoms with Crippen molar-refractivity contribution in [3.8, 4) is 0 Å². The molecule has 1 aromatic rings. The van der Waals surface area contributed by atoms with Gasteiger partial charge >= 0.3 is 6.18 Å². The molecule has 0 saturated carbocycles. The summed E-state index contributed by atoms with van der Waals surface area (Å²) in [5.41, 5.74) is 0.184. The fraction of sp³-hybridized carbons (Fsp3) is 0.286. The topological polar surface area (TPSA) is 46.2 Å². The summed E-state index contributed by atoms with van der Waals surface area (Å²) in [5, 5.41) is 2.68. The molecule has 0 radical (unpaired) electrons. The summed E-state index contributed by atoms with van der Waals surface area (Å²) in [5.74, 6) is -3.01. The fourth-order valence-corrected chi connectivity index (χ4v) is 2.25. The standard InChI is InChI=1S/C14H11ClF3NO2/c15-10-3-1-2-8(4-10)13(21)19-11-5-9(14(16,17)18)6-12(20)7-11/h1-4,7,9H,5-6H2,(H,19,21). The van der Waals surface area contributed by atoms with Gasteiger partial charge in [-0.1, -0.05) is 17.7 Å². The second-order valence-electron chi connectivity index (χ2n) is 4.75. The van der Waals surface area contributed by atoms with E-state index in [2.05, 4.69) is 5.32 Å². The maximum absolute atomic E-state index is 12.7. The quantitative estimate of drug-likeness (QED) is 0.907. The Morgan fingerprint density at radius 1 is 1.29 bits per heavy atom. The van der Waals surface area contributed by atoms with Gasteiger partial charge in [-0.2, -0.15) is 13.2 Å². The van der Waals surface area contributed by atoms with Crippen LogP contribution in [-0.2, 0) is 4.79 Å². The van der Waals surface area contributed by atoms with Crippen LogP contribution >= 0.6 is 11.6 Å². The summed E-state index contributed by atoms with van der Waals surface area (Å²) >= 11 is 5.74. The summed E-state index contributed by atoms with van der Waals surface area (Å²) in [4.78, 5) is 23.3. The third-order valence-corrected chi connectivity index (χ3v) is 3.31. The molecular formula is C14H11ClF3NO2. The van der Waals surface area contributed by atoms with Gasteiger partial charge in [0.05, 0.1) is 5.92 Å². The van der Waals surface area contributed by atoms with Crippen LogP contribution in [0.25, 0.3) is 0 Å². The Morgan fingerprint density at radius 3 is 2.62 bits per heavy atom. The van der Waals surface area contributed by atoms with E-state index in [1.165, 1.54) is 12.1 Å².